The number of aromatic nitrogens is 3. The van der Waals surface area contributed by atoms with Crippen LogP contribution in [0.4, 0.5) is 0 Å². The number of carbonyl (C=O) groups is 1. The maximum absolute atomic E-state index is 10.5. The zero-order chi connectivity index (χ0) is 9.97. The molecule has 2 N–H and O–H groups in total. The molecule has 0 unspecified atom stereocenters. The lowest BCUT2D eigenvalue weighted by Gasteiger charge is -1.93. The Bertz CT molecular complexity index is 450. The van der Waals surface area contributed by atoms with Crippen molar-refractivity contribution in [1.29, 1.82) is 0 Å². The molecule has 14 heavy (non-hydrogen) atoms. The summed E-state index contributed by atoms with van der Waals surface area (Å²) in [6, 6.07) is 5.39. The first kappa shape index (κ1) is 8.43. The molecule has 0 spiro atoms. The third kappa shape index (κ3) is 1.47. The number of nitrogens with one attached hydrogen (secondary N) is 1. The van der Waals surface area contributed by atoms with E-state index in [0.717, 1.165) is 0 Å². The first-order chi connectivity index (χ1) is 6.77. The van der Waals surface area contributed by atoms with Gasteiger partial charge in [-0.3, -0.25) is 4.98 Å². The molecule has 0 bridgehead atoms. The first-order valence-electron chi connectivity index (χ1n) is 3.97. The van der Waals surface area contributed by atoms with E-state index in [0.29, 0.717) is 11.4 Å². The van der Waals surface area contributed by atoms with Crippen molar-refractivity contribution >= 4 is 5.97 Å². The summed E-state index contributed by atoms with van der Waals surface area (Å²) in [6.07, 6.45) is 3.09. The molecule has 0 saturated carbocycles. The summed E-state index contributed by atoms with van der Waals surface area (Å²) < 4.78 is 0. The molecule has 5 heteroatoms. The topological polar surface area (TPSA) is 78.9 Å². The van der Waals surface area contributed by atoms with E-state index in [1.165, 1.54) is 6.20 Å². The van der Waals surface area contributed by atoms with Crippen LogP contribution in [-0.2, 0) is 0 Å². The summed E-state index contributed by atoms with van der Waals surface area (Å²) in [5, 5.41) is 8.63. The summed E-state index contributed by atoms with van der Waals surface area (Å²) in [6.45, 7) is 0. The molecule has 0 aliphatic rings. The van der Waals surface area contributed by atoms with Crippen LogP contribution in [0.2, 0.25) is 0 Å². The van der Waals surface area contributed by atoms with Crippen LogP contribution < -0.4 is 0 Å². The van der Waals surface area contributed by atoms with Crippen molar-refractivity contribution in [1.82, 2.24) is 15.0 Å². The highest BCUT2D eigenvalue weighted by molar-refractivity contribution is 5.84. The highest BCUT2D eigenvalue weighted by Gasteiger charge is 2.08. The van der Waals surface area contributed by atoms with Gasteiger partial charge < -0.3 is 10.1 Å². The third-order valence-corrected chi connectivity index (χ3v) is 1.72. The average Bonchev–Trinajstić information content (AvgIpc) is 2.68. The number of carboxylic acid groups (broad SMARTS) is 1. The van der Waals surface area contributed by atoms with E-state index in [-0.39, 0.29) is 5.82 Å². The van der Waals surface area contributed by atoms with Crippen molar-refractivity contribution in [3.63, 3.8) is 0 Å². The second-order valence-electron chi connectivity index (χ2n) is 2.67. The Morgan fingerprint density at radius 2 is 2.21 bits per heavy atom. The number of H-pyrrole nitrogens is 1. The standard InChI is InChI=1S/C9H7N3O2/c13-9(14)8-11-5-7(12-8)6-3-1-2-4-10-6/h1-5H,(H,11,12)(H,13,14). The fourth-order valence-corrected chi connectivity index (χ4v) is 1.08. The quantitative estimate of drug-likeness (QED) is 0.743. The predicted molar refractivity (Wildman–Crippen MR) is 48.8 cm³/mol. The molecule has 0 aliphatic heterocycles. The van der Waals surface area contributed by atoms with E-state index < -0.39 is 5.97 Å². The van der Waals surface area contributed by atoms with E-state index in [1.54, 1.807) is 18.3 Å². The molecule has 0 fully saturated rings. The lowest BCUT2D eigenvalue weighted by molar-refractivity contribution is 0.0685. The summed E-state index contributed by atoms with van der Waals surface area (Å²) in [5.41, 5.74) is 1.27. The number of imidazole rings is 1. The number of aromatic carboxylic acids is 1. The van der Waals surface area contributed by atoms with Crippen molar-refractivity contribution < 1.29 is 9.90 Å². The largest absolute Gasteiger partial charge is 0.475 e. The zero-order valence-electron chi connectivity index (χ0n) is 7.14. The van der Waals surface area contributed by atoms with E-state index in [4.69, 9.17) is 5.11 Å². The number of nitrogens with zero attached hydrogens (tertiary/aromatic N) is 2. The average molecular weight is 189 g/mol. The lowest BCUT2D eigenvalue weighted by atomic mass is 10.3. The molecular weight excluding hydrogens is 182 g/mol. The Balaban J connectivity index is 2.39. The highest BCUT2D eigenvalue weighted by atomic mass is 16.4. The summed E-state index contributed by atoms with van der Waals surface area (Å²) in [7, 11) is 0. The van der Waals surface area contributed by atoms with Crippen molar-refractivity contribution in [2.45, 2.75) is 0 Å². The molecule has 0 aliphatic carbocycles. The second-order valence-corrected chi connectivity index (χ2v) is 2.67. The van der Waals surface area contributed by atoms with Crippen LogP contribution in [0.1, 0.15) is 10.6 Å². The number of pyridine rings is 1. The van der Waals surface area contributed by atoms with Crippen LogP contribution in [0.5, 0.6) is 0 Å². The first-order valence-corrected chi connectivity index (χ1v) is 3.97. The number of carboxylic acids is 1. The Morgan fingerprint density at radius 1 is 1.36 bits per heavy atom. The minimum absolute atomic E-state index is 0.0781. The van der Waals surface area contributed by atoms with Gasteiger partial charge >= 0.3 is 5.97 Å². The van der Waals surface area contributed by atoms with Crippen LogP contribution in [0.3, 0.4) is 0 Å². The third-order valence-electron chi connectivity index (χ3n) is 1.72. The van der Waals surface area contributed by atoms with Gasteiger partial charge in [-0.2, -0.15) is 0 Å². The zero-order valence-corrected chi connectivity index (χ0v) is 7.14. The molecule has 2 aromatic heterocycles. The molecule has 2 heterocycles. The van der Waals surface area contributed by atoms with E-state index >= 15 is 0 Å². The van der Waals surface area contributed by atoms with Gasteiger partial charge in [-0.05, 0) is 12.1 Å². The maximum atomic E-state index is 10.5. The molecule has 70 valence electrons. The van der Waals surface area contributed by atoms with Crippen LogP contribution in [0.25, 0.3) is 11.4 Å². The van der Waals surface area contributed by atoms with Crippen molar-refractivity contribution in [2.24, 2.45) is 0 Å². The summed E-state index contributed by atoms with van der Waals surface area (Å²) >= 11 is 0. The van der Waals surface area contributed by atoms with Gasteiger partial charge in [-0.25, -0.2) is 9.78 Å². The van der Waals surface area contributed by atoms with E-state index in [9.17, 15) is 4.79 Å². The molecule has 0 radical (unpaired) electrons. The van der Waals surface area contributed by atoms with Gasteiger partial charge in [0.2, 0.25) is 5.82 Å². The molecule has 2 aromatic rings. The summed E-state index contributed by atoms with van der Waals surface area (Å²) in [5.74, 6) is -1.15. The van der Waals surface area contributed by atoms with Gasteiger partial charge in [0.15, 0.2) is 0 Å². The van der Waals surface area contributed by atoms with Gasteiger partial charge in [0, 0.05) is 6.20 Å². The Hall–Kier alpha value is -2.17. The van der Waals surface area contributed by atoms with Crippen LogP contribution >= 0.6 is 0 Å². The van der Waals surface area contributed by atoms with E-state index in [2.05, 4.69) is 15.0 Å². The monoisotopic (exact) mass is 189 g/mol. The van der Waals surface area contributed by atoms with Crippen LogP contribution in [0.15, 0.2) is 30.6 Å². The van der Waals surface area contributed by atoms with Crippen molar-refractivity contribution in [3.8, 4) is 11.4 Å². The number of hydrogen-bond donors (Lipinski definition) is 2. The minimum atomic E-state index is -1.08. The van der Waals surface area contributed by atoms with Crippen LogP contribution in [0, 0.1) is 0 Å². The molecule has 0 amide bonds. The maximum Gasteiger partial charge on any atom is 0.371 e. The second kappa shape index (κ2) is 3.29. The summed E-state index contributed by atoms with van der Waals surface area (Å²) in [4.78, 5) is 20.9. The molecule has 0 saturated heterocycles. The van der Waals surface area contributed by atoms with Crippen molar-refractivity contribution in [3.05, 3.63) is 36.4 Å². The van der Waals surface area contributed by atoms with Gasteiger partial charge in [0.25, 0.3) is 0 Å². The predicted octanol–water partition coefficient (Wildman–Crippen LogP) is 1.17. The Kier molecular flexibility index (Phi) is 1.98. The molecule has 5 nitrogen and oxygen atoms in total. The lowest BCUT2D eigenvalue weighted by Crippen LogP contribution is -1.98. The van der Waals surface area contributed by atoms with Gasteiger partial charge in [-0.1, -0.05) is 6.07 Å². The number of hydrogen-bond acceptors (Lipinski definition) is 3. The molecule has 0 atom stereocenters. The fraction of sp³-hybridized carbons (Fsp3) is 0. The normalized spacial score (nSPS) is 10.0. The fourth-order valence-electron chi connectivity index (χ4n) is 1.08. The molecular formula is C9H7N3O2. The smallest absolute Gasteiger partial charge is 0.371 e. The SMILES string of the molecule is O=C(O)c1ncc(-c2ccccn2)[nH]1. The van der Waals surface area contributed by atoms with Gasteiger partial charge in [-0.15, -0.1) is 0 Å². The number of aromatic amines is 1. The Morgan fingerprint density at radius 3 is 2.79 bits per heavy atom. The van der Waals surface area contributed by atoms with Crippen LogP contribution in [-0.4, -0.2) is 26.0 Å². The number of rotatable bonds is 2. The van der Waals surface area contributed by atoms with Gasteiger partial charge in [0.05, 0.1) is 17.6 Å². The molecule has 0 aromatic carbocycles. The Labute approximate surface area is 79.5 Å². The minimum Gasteiger partial charge on any atom is -0.475 e. The molecule has 2 rings (SSSR count). The van der Waals surface area contributed by atoms with Gasteiger partial charge in [0.1, 0.15) is 0 Å². The van der Waals surface area contributed by atoms with Crippen molar-refractivity contribution in [2.75, 3.05) is 0 Å². The highest BCUT2D eigenvalue weighted by Crippen LogP contribution is 2.12. The van der Waals surface area contributed by atoms with E-state index in [1.807, 2.05) is 6.07 Å².